The normalized spacial score (nSPS) is 11.5. The first-order valence-corrected chi connectivity index (χ1v) is 9.04. The maximum atomic E-state index is 12.2. The summed E-state index contributed by atoms with van der Waals surface area (Å²) in [6.07, 6.45) is 1.25. The van der Waals surface area contributed by atoms with Crippen molar-refractivity contribution in [3.63, 3.8) is 0 Å². The molecule has 0 atom stereocenters. The summed E-state index contributed by atoms with van der Waals surface area (Å²) >= 11 is 5.92. The lowest BCUT2D eigenvalue weighted by molar-refractivity contribution is -0.112. The van der Waals surface area contributed by atoms with Gasteiger partial charge in [0.15, 0.2) is 0 Å². The lowest BCUT2D eigenvalue weighted by Gasteiger charge is -2.08. The molecule has 2 rings (SSSR count). The minimum Gasteiger partial charge on any atom is -0.360 e. The van der Waals surface area contributed by atoms with Crippen molar-refractivity contribution in [3.8, 4) is 6.07 Å². The van der Waals surface area contributed by atoms with E-state index >= 15 is 0 Å². The molecule has 0 aliphatic heterocycles. The van der Waals surface area contributed by atoms with Crippen LogP contribution in [-0.4, -0.2) is 18.9 Å². The third-order valence-electron chi connectivity index (χ3n) is 3.35. The number of nitrogens with zero attached hydrogens (tertiary/aromatic N) is 1. The summed E-state index contributed by atoms with van der Waals surface area (Å²) in [5, 5.41) is 15.0. The summed E-state index contributed by atoms with van der Waals surface area (Å²) in [5.74, 6) is -0.681. The van der Waals surface area contributed by atoms with Crippen LogP contribution in [0.1, 0.15) is 5.56 Å². The van der Waals surface area contributed by atoms with Gasteiger partial charge in [-0.05, 0) is 48.9 Å². The summed E-state index contributed by atoms with van der Waals surface area (Å²) in [7, 11) is -4.31. The van der Waals surface area contributed by atoms with E-state index in [-0.39, 0.29) is 16.2 Å². The molecule has 0 saturated carbocycles. The minimum absolute atomic E-state index is 0.191. The van der Waals surface area contributed by atoms with E-state index in [0.717, 1.165) is 17.7 Å². The zero-order chi connectivity index (χ0) is 19.3. The van der Waals surface area contributed by atoms with Gasteiger partial charge in [-0.1, -0.05) is 17.7 Å². The highest BCUT2D eigenvalue weighted by atomic mass is 35.5. The fraction of sp³-hybridized carbons (Fsp3) is 0.0588. The fourth-order valence-electron chi connectivity index (χ4n) is 1.96. The number of halogens is 1. The molecule has 134 valence electrons. The van der Waals surface area contributed by atoms with Gasteiger partial charge in [0, 0.05) is 22.6 Å². The molecule has 2 aromatic rings. The number of aryl methyl sites for hydroxylation is 1. The minimum atomic E-state index is -4.31. The van der Waals surface area contributed by atoms with Gasteiger partial charge in [0.05, 0.1) is 4.90 Å². The van der Waals surface area contributed by atoms with Gasteiger partial charge in [0.1, 0.15) is 11.6 Å². The zero-order valence-electron chi connectivity index (χ0n) is 13.5. The molecule has 26 heavy (non-hydrogen) atoms. The van der Waals surface area contributed by atoms with Gasteiger partial charge < -0.3 is 10.6 Å². The quantitative estimate of drug-likeness (QED) is 0.408. The molecule has 0 aliphatic rings. The number of anilines is 2. The number of carbonyl (C=O) groups is 1. The molecular formula is C17H14ClN3O4S. The summed E-state index contributed by atoms with van der Waals surface area (Å²) in [6, 6.07) is 11.8. The molecule has 0 bridgehead atoms. The average molecular weight is 392 g/mol. The van der Waals surface area contributed by atoms with Crippen molar-refractivity contribution in [3.05, 3.63) is 64.8 Å². The zero-order valence-corrected chi connectivity index (χ0v) is 15.1. The molecule has 0 spiro atoms. The number of nitrogens with one attached hydrogen (secondary N) is 2. The van der Waals surface area contributed by atoms with Crippen LogP contribution in [0.5, 0.6) is 0 Å². The molecule has 2 aromatic carbocycles. The van der Waals surface area contributed by atoms with E-state index in [0.29, 0.717) is 10.7 Å². The van der Waals surface area contributed by atoms with Crippen molar-refractivity contribution in [2.24, 2.45) is 0 Å². The van der Waals surface area contributed by atoms with Gasteiger partial charge in [-0.15, -0.1) is 0 Å². The van der Waals surface area contributed by atoms with Crippen LogP contribution < -0.4 is 10.6 Å². The van der Waals surface area contributed by atoms with E-state index in [1.807, 2.05) is 6.92 Å². The van der Waals surface area contributed by atoms with Crippen molar-refractivity contribution in [1.82, 2.24) is 0 Å². The first kappa shape index (κ1) is 19.5. The van der Waals surface area contributed by atoms with E-state index in [9.17, 15) is 13.2 Å². The van der Waals surface area contributed by atoms with Crippen LogP contribution in [0.4, 0.5) is 11.4 Å². The predicted octanol–water partition coefficient (Wildman–Crippen LogP) is 3.35. The highest BCUT2D eigenvalue weighted by Crippen LogP contribution is 2.20. The SMILES string of the molecule is Cc1ccc(Cl)cc1N/C=C(/C#N)C(=O)Nc1ccc(S(=O)(=O)O)cc1. The van der Waals surface area contributed by atoms with E-state index in [4.69, 9.17) is 21.4 Å². The van der Waals surface area contributed by atoms with Crippen molar-refractivity contribution >= 4 is 39.0 Å². The van der Waals surface area contributed by atoms with Crippen molar-refractivity contribution < 1.29 is 17.8 Å². The monoisotopic (exact) mass is 391 g/mol. The van der Waals surface area contributed by atoms with Gasteiger partial charge in [0.2, 0.25) is 0 Å². The van der Waals surface area contributed by atoms with Gasteiger partial charge in [-0.25, -0.2) is 0 Å². The number of rotatable bonds is 5. The highest BCUT2D eigenvalue weighted by Gasteiger charge is 2.12. The summed E-state index contributed by atoms with van der Waals surface area (Å²) in [4.78, 5) is 11.9. The predicted molar refractivity (Wildman–Crippen MR) is 98.4 cm³/mol. The standard InChI is InChI=1S/C17H14ClN3O4S/c1-11-2-3-13(18)8-16(11)20-10-12(9-19)17(22)21-14-4-6-15(7-5-14)26(23,24)25/h2-8,10,20H,1H3,(H,21,22)(H,23,24,25)/b12-10-. The van der Waals surface area contributed by atoms with Gasteiger partial charge in [-0.3, -0.25) is 9.35 Å². The summed E-state index contributed by atoms with van der Waals surface area (Å²) in [6.45, 7) is 1.84. The fourth-order valence-corrected chi connectivity index (χ4v) is 2.61. The van der Waals surface area contributed by atoms with Crippen LogP contribution in [0, 0.1) is 18.3 Å². The molecule has 1 amide bonds. The van der Waals surface area contributed by atoms with Crippen LogP contribution in [0.15, 0.2) is 59.1 Å². The lowest BCUT2D eigenvalue weighted by atomic mass is 10.2. The Labute approximate surface area is 155 Å². The van der Waals surface area contributed by atoms with Gasteiger partial charge in [-0.2, -0.15) is 13.7 Å². The second-order valence-corrected chi connectivity index (χ2v) is 7.08. The van der Waals surface area contributed by atoms with Gasteiger partial charge in [0.25, 0.3) is 16.0 Å². The molecule has 0 fully saturated rings. The van der Waals surface area contributed by atoms with Crippen molar-refractivity contribution in [2.75, 3.05) is 10.6 Å². The van der Waals surface area contributed by atoms with Crippen molar-refractivity contribution in [1.29, 1.82) is 5.26 Å². The molecule has 0 heterocycles. The third kappa shape index (κ3) is 5.07. The average Bonchev–Trinajstić information content (AvgIpc) is 2.58. The van der Waals surface area contributed by atoms with Crippen molar-refractivity contribution in [2.45, 2.75) is 11.8 Å². The first-order valence-electron chi connectivity index (χ1n) is 7.22. The Morgan fingerprint density at radius 2 is 1.88 bits per heavy atom. The number of carbonyl (C=O) groups excluding carboxylic acids is 1. The van der Waals surface area contributed by atoms with Crippen LogP contribution >= 0.6 is 11.6 Å². The van der Waals surface area contributed by atoms with Crippen LogP contribution in [0.25, 0.3) is 0 Å². The number of hydrogen-bond acceptors (Lipinski definition) is 5. The molecule has 9 heteroatoms. The molecule has 0 radical (unpaired) electrons. The Bertz CT molecular complexity index is 1010. The molecule has 0 aromatic heterocycles. The second-order valence-electron chi connectivity index (χ2n) is 5.23. The topological polar surface area (TPSA) is 119 Å². The highest BCUT2D eigenvalue weighted by molar-refractivity contribution is 7.85. The van der Waals surface area contributed by atoms with Crippen LogP contribution in [0.2, 0.25) is 5.02 Å². The molecule has 0 unspecified atom stereocenters. The van der Waals surface area contributed by atoms with E-state index in [1.54, 1.807) is 24.3 Å². The molecule has 0 saturated heterocycles. The summed E-state index contributed by atoms with van der Waals surface area (Å²) in [5.41, 5.74) is 1.60. The Hall–Kier alpha value is -2.86. The number of amides is 1. The third-order valence-corrected chi connectivity index (χ3v) is 4.45. The van der Waals surface area contributed by atoms with E-state index < -0.39 is 16.0 Å². The Morgan fingerprint density at radius 1 is 1.23 bits per heavy atom. The molecular weight excluding hydrogens is 378 g/mol. The van der Waals surface area contributed by atoms with E-state index in [2.05, 4.69) is 10.6 Å². The molecule has 7 nitrogen and oxygen atoms in total. The first-order chi connectivity index (χ1) is 12.2. The van der Waals surface area contributed by atoms with Gasteiger partial charge >= 0.3 is 0 Å². The number of hydrogen-bond donors (Lipinski definition) is 3. The van der Waals surface area contributed by atoms with Crippen LogP contribution in [-0.2, 0) is 14.9 Å². The van der Waals surface area contributed by atoms with Crippen LogP contribution in [0.3, 0.4) is 0 Å². The maximum Gasteiger partial charge on any atom is 0.294 e. The maximum absolute atomic E-state index is 12.2. The lowest BCUT2D eigenvalue weighted by Crippen LogP contribution is -2.14. The molecule has 0 aliphatic carbocycles. The Kier molecular flexibility index (Phi) is 6.00. The molecule has 3 N–H and O–H groups in total. The van der Waals surface area contributed by atoms with E-state index in [1.165, 1.54) is 18.3 Å². The smallest absolute Gasteiger partial charge is 0.294 e. The number of benzene rings is 2. The Balaban J connectivity index is 2.13. The Morgan fingerprint density at radius 3 is 2.46 bits per heavy atom. The second kappa shape index (κ2) is 8.01. The largest absolute Gasteiger partial charge is 0.360 e. The number of nitriles is 1. The summed E-state index contributed by atoms with van der Waals surface area (Å²) < 4.78 is 30.9.